The van der Waals surface area contributed by atoms with Gasteiger partial charge >= 0.3 is 6.03 Å². The summed E-state index contributed by atoms with van der Waals surface area (Å²) in [4.78, 5) is 28.7. The number of anilines is 1. The number of urea groups is 1. The van der Waals surface area contributed by atoms with Gasteiger partial charge in [-0.2, -0.15) is 18.4 Å². The Balaban J connectivity index is 0.00000320. The minimum Gasteiger partial charge on any atom is -0.481 e. The van der Waals surface area contributed by atoms with E-state index in [9.17, 15) is 13.2 Å². The molecule has 0 unspecified atom stereocenters. The van der Waals surface area contributed by atoms with Gasteiger partial charge in [0.2, 0.25) is 17.7 Å². The Hall–Kier alpha value is -3.72. The van der Waals surface area contributed by atoms with Crippen LogP contribution < -0.4 is 25.7 Å². The molecule has 0 aromatic carbocycles. The molecule has 0 fully saturated rings. The Morgan fingerprint density at radius 2 is 1.87 bits per heavy atom. The average Bonchev–Trinajstić information content (AvgIpc) is 2.73. The van der Waals surface area contributed by atoms with E-state index < -0.39 is 21.1 Å². The number of carbonyl (C=O) groups excluding carboxylic acids is 1. The lowest BCUT2D eigenvalue weighted by Gasteiger charge is -2.15. The van der Waals surface area contributed by atoms with Gasteiger partial charge in [-0.1, -0.05) is 0 Å². The number of amides is 2. The summed E-state index contributed by atoms with van der Waals surface area (Å²) in [5, 5.41) is 5.39. The number of methoxy groups -OCH3 is 2. The van der Waals surface area contributed by atoms with E-state index in [1.165, 1.54) is 38.6 Å². The molecule has 0 radical (unpaired) electrons. The number of nitrogens with zero attached hydrogens (tertiary/aromatic N) is 4. The first-order valence-electron chi connectivity index (χ1n) is 8.02. The van der Waals surface area contributed by atoms with Crippen LogP contribution in [-0.4, -0.2) is 62.7 Å². The summed E-state index contributed by atoms with van der Waals surface area (Å²) in [5.74, 6) is -0.0847. The van der Waals surface area contributed by atoms with Crippen LogP contribution in [0.25, 0.3) is 0 Å². The molecule has 0 saturated heterocycles. The second kappa shape index (κ2) is 9.66. The van der Waals surface area contributed by atoms with Crippen LogP contribution in [-0.2, 0) is 19.6 Å². The molecule has 5 N–H and O–H groups in total. The number of hydrogen-bond acceptors (Lipinski definition) is 12. The predicted octanol–water partition coefficient (Wildman–Crippen LogP) is 0.270. The second-order valence-electron chi connectivity index (χ2n) is 5.27. The van der Waals surface area contributed by atoms with Gasteiger partial charge < -0.3 is 25.2 Å². The van der Waals surface area contributed by atoms with E-state index in [2.05, 4.69) is 25.4 Å². The molecule has 3 heterocycles. The molecule has 1 aliphatic heterocycles. The van der Waals surface area contributed by atoms with E-state index in [-0.39, 0.29) is 48.5 Å². The molecule has 0 saturated carbocycles. The Morgan fingerprint density at radius 1 is 1.17 bits per heavy atom. The van der Waals surface area contributed by atoms with Gasteiger partial charge in [-0.15, -0.1) is 0 Å². The van der Waals surface area contributed by atoms with Crippen molar-refractivity contribution < 1.29 is 32.3 Å². The van der Waals surface area contributed by atoms with Crippen molar-refractivity contribution in [2.75, 3.05) is 32.8 Å². The number of carbonyl (C=O) groups is 1. The normalized spacial score (nSPS) is 12.9. The van der Waals surface area contributed by atoms with Gasteiger partial charge in [0.15, 0.2) is 11.6 Å². The number of sulfonamides is 1. The fourth-order valence-corrected chi connectivity index (χ4v) is 3.20. The molecule has 1 aliphatic rings. The largest absolute Gasteiger partial charge is 0.481 e. The predicted molar refractivity (Wildman–Crippen MR) is 102 cm³/mol. The Labute approximate surface area is 171 Å². The molecule has 3 rings (SSSR count). The first kappa shape index (κ1) is 22.6. The summed E-state index contributed by atoms with van der Waals surface area (Å²) in [7, 11) is -1.68. The summed E-state index contributed by atoms with van der Waals surface area (Å²) in [6, 6.07) is 3.17. The van der Waals surface area contributed by atoms with E-state index in [4.69, 9.17) is 19.0 Å². The first-order chi connectivity index (χ1) is 13.9. The SMILES string of the molecule is COc1cc(OC)nc(NC(=O)NS(=O)(=O)c2ncccc2C2=NOCCO2)n1.N. The zero-order valence-electron chi connectivity index (χ0n) is 16.0. The smallest absolute Gasteiger partial charge is 0.335 e. The fourth-order valence-electron chi connectivity index (χ4n) is 2.17. The van der Waals surface area contributed by atoms with Crippen LogP contribution in [0.2, 0.25) is 0 Å². The van der Waals surface area contributed by atoms with Crippen molar-refractivity contribution in [1.29, 1.82) is 0 Å². The third-order valence-corrected chi connectivity index (χ3v) is 4.66. The van der Waals surface area contributed by atoms with Crippen LogP contribution in [0.1, 0.15) is 5.56 Å². The van der Waals surface area contributed by atoms with Gasteiger partial charge in [0, 0.05) is 6.20 Å². The van der Waals surface area contributed by atoms with Gasteiger partial charge in [-0.3, -0.25) is 5.32 Å². The Morgan fingerprint density at radius 3 is 2.47 bits per heavy atom. The lowest BCUT2D eigenvalue weighted by molar-refractivity contribution is 0.0653. The van der Waals surface area contributed by atoms with E-state index in [0.717, 1.165) is 0 Å². The van der Waals surface area contributed by atoms with E-state index >= 15 is 0 Å². The van der Waals surface area contributed by atoms with Crippen LogP contribution in [0.15, 0.2) is 34.6 Å². The molecule has 162 valence electrons. The first-order valence-corrected chi connectivity index (χ1v) is 9.50. The third kappa shape index (κ3) is 5.21. The van der Waals surface area contributed by atoms with Crippen molar-refractivity contribution >= 4 is 27.9 Å². The number of aromatic nitrogens is 3. The highest BCUT2D eigenvalue weighted by atomic mass is 32.2. The molecule has 15 heteroatoms. The van der Waals surface area contributed by atoms with Gasteiger partial charge in [0.1, 0.15) is 6.61 Å². The second-order valence-corrected chi connectivity index (χ2v) is 6.87. The maximum atomic E-state index is 12.7. The molecule has 14 nitrogen and oxygen atoms in total. The average molecular weight is 441 g/mol. The number of nitrogens with one attached hydrogen (secondary N) is 2. The minimum atomic E-state index is -4.40. The zero-order valence-corrected chi connectivity index (χ0v) is 16.8. The fraction of sp³-hybridized carbons (Fsp3) is 0.267. The summed E-state index contributed by atoms with van der Waals surface area (Å²) >= 11 is 0. The zero-order chi connectivity index (χ0) is 20.9. The third-order valence-electron chi connectivity index (χ3n) is 3.37. The number of rotatable bonds is 6. The van der Waals surface area contributed by atoms with Gasteiger partial charge in [0.05, 0.1) is 25.8 Å². The molecule has 2 aromatic heterocycles. The molecular weight excluding hydrogens is 422 g/mol. The van der Waals surface area contributed by atoms with Crippen molar-refractivity contribution in [2.24, 2.45) is 5.16 Å². The lowest BCUT2D eigenvalue weighted by Crippen LogP contribution is -2.36. The number of oxime groups is 1. The molecule has 30 heavy (non-hydrogen) atoms. The van der Waals surface area contributed by atoms with Gasteiger partial charge in [-0.25, -0.2) is 14.5 Å². The van der Waals surface area contributed by atoms with Crippen LogP contribution in [0, 0.1) is 0 Å². The summed E-state index contributed by atoms with van der Waals surface area (Å²) in [5.41, 5.74) is 0.0341. The molecule has 0 aliphatic carbocycles. The van der Waals surface area contributed by atoms with Crippen molar-refractivity contribution in [2.45, 2.75) is 5.03 Å². The van der Waals surface area contributed by atoms with Crippen LogP contribution in [0.5, 0.6) is 11.8 Å². The quantitative estimate of drug-likeness (QED) is 0.556. The van der Waals surface area contributed by atoms with E-state index in [1.54, 1.807) is 0 Å². The Kier molecular flexibility index (Phi) is 7.27. The Bertz CT molecular complexity index is 1020. The van der Waals surface area contributed by atoms with E-state index in [1.807, 2.05) is 4.72 Å². The van der Waals surface area contributed by atoms with Crippen LogP contribution in [0.4, 0.5) is 10.7 Å². The maximum absolute atomic E-state index is 12.7. The molecule has 2 aromatic rings. The van der Waals surface area contributed by atoms with Crippen molar-refractivity contribution in [3.05, 3.63) is 30.0 Å². The number of ether oxygens (including phenoxy) is 3. The minimum absolute atomic E-state index is 0. The summed E-state index contributed by atoms with van der Waals surface area (Å²) in [6.07, 6.45) is 1.25. The topological polar surface area (TPSA) is 198 Å². The van der Waals surface area contributed by atoms with Crippen molar-refractivity contribution in [3.8, 4) is 11.8 Å². The lowest BCUT2D eigenvalue weighted by atomic mass is 10.3. The standard InChI is InChI=1S/C15H16N6O7S.H3N/c1-25-10-8-11(26-2)18-14(17-10)19-15(22)21-29(23,24)13-9(4-3-5-16-13)12-20-28-7-6-27-12;/h3-5,8H,6-7H2,1-2H3,(H2,17,18,19,21,22);1H3. The van der Waals surface area contributed by atoms with Crippen LogP contribution >= 0.6 is 0 Å². The monoisotopic (exact) mass is 441 g/mol. The summed E-state index contributed by atoms with van der Waals surface area (Å²) in [6.45, 7) is 0.423. The van der Waals surface area contributed by atoms with Gasteiger partial charge in [0.25, 0.3) is 15.9 Å². The number of pyridine rings is 1. The van der Waals surface area contributed by atoms with Crippen molar-refractivity contribution in [3.63, 3.8) is 0 Å². The van der Waals surface area contributed by atoms with Crippen LogP contribution in [0.3, 0.4) is 0 Å². The number of hydrogen-bond donors (Lipinski definition) is 3. The molecule has 0 spiro atoms. The molecular formula is C15H19N7O7S. The molecule has 0 atom stereocenters. The molecule has 0 bridgehead atoms. The molecule has 2 amide bonds. The van der Waals surface area contributed by atoms with Gasteiger partial charge in [-0.05, 0) is 17.3 Å². The van der Waals surface area contributed by atoms with E-state index in [0.29, 0.717) is 0 Å². The highest BCUT2D eigenvalue weighted by Crippen LogP contribution is 2.18. The highest BCUT2D eigenvalue weighted by molar-refractivity contribution is 7.90. The summed E-state index contributed by atoms with van der Waals surface area (Å²) < 4.78 is 42.4. The highest BCUT2D eigenvalue weighted by Gasteiger charge is 2.27. The maximum Gasteiger partial charge on any atom is 0.335 e. The van der Waals surface area contributed by atoms with Crippen molar-refractivity contribution in [1.82, 2.24) is 25.8 Å².